The van der Waals surface area contributed by atoms with Gasteiger partial charge >= 0.3 is 0 Å². The molecule has 0 saturated carbocycles. The summed E-state index contributed by atoms with van der Waals surface area (Å²) in [5.41, 5.74) is 7.27. The summed E-state index contributed by atoms with van der Waals surface area (Å²) in [6.45, 7) is 0. The molecule has 1 aromatic carbocycles. The van der Waals surface area contributed by atoms with Crippen molar-refractivity contribution in [3.05, 3.63) is 59.9 Å². The molecular weight excluding hydrogens is 254 g/mol. The number of aromatic nitrogens is 1. The van der Waals surface area contributed by atoms with Gasteiger partial charge in [-0.05, 0) is 29.8 Å². The van der Waals surface area contributed by atoms with Crippen LogP contribution in [0, 0.1) is 10.8 Å². The van der Waals surface area contributed by atoms with E-state index in [0.717, 1.165) is 0 Å². The number of nitrogens with one attached hydrogen (secondary N) is 2. The maximum absolute atomic E-state index is 7.72. The van der Waals surface area contributed by atoms with E-state index in [2.05, 4.69) is 9.98 Å². The zero-order chi connectivity index (χ0) is 14.4. The van der Waals surface area contributed by atoms with Crippen molar-refractivity contribution < 1.29 is 4.74 Å². The second-order valence-electron chi connectivity index (χ2n) is 3.84. The van der Waals surface area contributed by atoms with Crippen LogP contribution in [0.4, 0.5) is 5.69 Å². The fourth-order valence-corrected chi connectivity index (χ4v) is 1.49. The van der Waals surface area contributed by atoms with Crippen LogP contribution in [0.3, 0.4) is 0 Å². The van der Waals surface area contributed by atoms with Crippen LogP contribution in [0.2, 0.25) is 0 Å². The molecule has 2 rings (SSSR count). The molecule has 0 fully saturated rings. The zero-order valence-electron chi connectivity index (χ0n) is 10.6. The first-order valence-corrected chi connectivity index (χ1v) is 5.81. The average molecular weight is 267 g/mol. The van der Waals surface area contributed by atoms with E-state index in [9.17, 15) is 0 Å². The molecule has 4 N–H and O–H groups in total. The lowest BCUT2D eigenvalue weighted by Gasteiger charge is -2.05. The van der Waals surface area contributed by atoms with Gasteiger partial charge in [0.15, 0.2) is 0 Å². The minimum Gasteiger partial charge on any atom is -0.405 e. The van der Waals surface area contributed by atoms with E-state index in [1.807, 2.05) is 0 Å². The Balaban J connectivity index is 2.11. The van der Waals surface area contributed by atoms with Crippen LogP contribution in [-0.4, -0.2) is 23.1 Å². The van der Waals surface area contributed by atoms with E-state index in [-0.39, 0.29) is 11.9 Å². The SMILES string of the molecule is N=Cc1cccc(N=C(N)OC(=N)c2ccccn2)c1. The highest BCUT2D eigenvalue weighted by Crippen LogP contribution is 2.13. The van der Waals surface area contributed by atoms with E-state index < -0.39 is 0 Å². The van der Waals surface area contributed by atoms with Crippen LogP contribution >= 0.6 is 0 Å². The van der Waals surface area contributed by atoms with Gasteiger partial charge in [0, 0.05) is 12.4 Å². The molecule has 20 heavy (non-hydrogen) atoms. The van der Waals surface area contributed by atoms with Crippen molar-refractivity contribution in [3.8, 4) is 0 Å². The summed E-state index contributed by atoms with van der Waals surface area (Å²) in [5, 5.41) is 14.9. The highest BCUT2D eigenvalue weighted by molar-refractivity contribution is 5.98. The minimum absolute atomic E-state index is 0.150. The molecule has 0 amide bonds. The summed E-state index contributed by atoms with van der Waals surface area (Å²) in [4.78, 5) is 8.01. The maximum atomic E-state index is 7.72. The van der Waals surface area contributed by atoms with Crippen molar-refractivity contribution >= 4 is 23.8 Å². The lowest BCUT2D eigenvalue weighted by molar-refractivity contribution is 0.531. The molecule has 100 valence electrons. The third-order valence-electron chi connectivity index (χ3n) is 2.38. The van der Waals surface area contributed by atoms with Crippen LogP contribution in [0.25, 0.3) is 0 Å². The lowest BCUT2D eigenvalue weighted by atomic mass is 10.2. The molecule has 0 radical (unpaired) electrons. The Labute approximate surface area is 116 Å². The fourth-order valence-electron chi connectivity index (χ4n) is 1.49. The highest BCUT2D eigenvalue weighted by atomic mass is 16.5. The van der Waals surface area contributed by atoms with Crippen LogP contribution in [0.15, 0.2) is 53.7 Å². The quantitative estimate of drug-likeness (QED) is 0.585. The number of nitrogens with zero attached hydrogens (tertiary/aromatic N) is 2. The van der Waals surface area contributed by atoms with Crippen molar-refractivity contribution in [2.45, 2.75) is 0 Å². The molecule has 0 saturated heterocycles. The first-order chi connectivity index (χ1) is 9.69. The van der Waals surface area contributed by atoms with Gasteiger partial charge < -0.3 is 15.9 Å². The molecule has 0 aliphatic heterocycles. The topological polar surface area (TPSA) is 108 Å². The number of aliphatic imine (C=N–C) groups is 1. The van der Waals surface area contributed by atoms with Gasteiger partial charge in [-0.15, -0.1) is 0 Å². The molecule has 6 nitrogen and oxygen atoms in total. The number of nitrogens with two attached hydrogens (primary N) is 1. The van der Waals surface area contributed by atoms with Crippen molar-refractivity contribution in [1.29, 1.82) is 10.8 Å². The van der Waals surface area contributed by atoms with E-state index in [1.165, 1.54) is 6.21 Å². The summed E-state index contributed by atoms with van der Waals surface area (Å²) in [7, 11) is 0. The third-order valence-corrected chi connectivity index (χ3v) is 2.38. The van der Waals surface area contributed by atoms with Crippen LogP contribution in [0.5, 0.6) is 0 Å². The molecule has 0 spiro atoms. The summed E-state index contributed by atoms with van der Waals surface area (Å²) < 4.78 is 5.11. The summed E-state index contributed by atoms with van der Waals surface area (Å²) in [5.74, 6) is -0.171. The largest absolute Gasteiger partial charge is 0.405 e. The van der Waals surface area contributed by atoms with E-state index >= 15 is 0 Å². The number of pyridine rings is 1. The second-order valence-corrected chi connectivity index (χ2v) is 3.84. The standard InChI is InChI=1S/C14H13N5O/c15-9-10-4-3-5-11(8-10)19-14(17)20-13(16)12-6-1-2-7-18-12/h1-9,15-16H,(H2,17,19). The van der Waals surface area contributed by atoms with Crippen molar-refractivity contribution in [2.75, 3.05) is 0 Å². The smallest absolute Gasteiger partial charge is 0.294 e. The van der Waals surface area contributed by atoms with Gasteiger partial charge in [0.05, 0.1) is 5.69 Å². The summed E-state index contributed by atoms with van der Waals surface area (Å²) in [6.07, 6.45) is 2.78. The normalized spacial score (nSPS) is 10.9. The van der Waals surface area contributed by atoms with E-state index in [1.54, 1.807) is 48.7 Å². The van der Waals surface area contributed by atoms with Gasteiger partial charge in [0.25, 0.3) is 6.02 Å². The Bertz CT molecular complexity index is 652. The Morgan fingerprint density at radius 1 is 1.25 bits per heavy atom. The minimum atomic E-state index is -0.171. The Morgan fingerprint density at radius 2 is 2.10 bits per heavy atom. The maximum Gasteiger partial charge on any atom is 0.294 e. The first kappa shape index (κ1) is 13.4. The second kappa shape index (κ2) is 6.24. The summed E-state index contributed by atoms with van der Waals surface area (Å²) in [6, 6.07) is 11.9. The highest BCUT2D eigenvalue weighted by Gasteiger charge is 2.06. The van der Waals surface area contributed by atoms with Crippen molar-refractivity contribution in [2.24, 2.45) is 10.7 Å². The Morgan fingerprint density at radius 3 is 2.80 bits per heavy atom. The number of ether oxygens (including phenoxy) is 1. The van der Waals surface area contributed by atoms with Gasteiger partial charge in [-0.2, -0.15) is 4.99 Å². The van der Waals surface area contributed by atoms with Crippen molar-refractivity contribution in [3.63, 3.8) is 0 Å². The molecule has 1 heterocycles. The number of hydrogen-bond donors (Lipinski definition) is 3. The van der Waals surface area contributed by atoms with Crippen molar-refractivity contribution in [1.82, 2.24) is 4.98 Å². The molecule has 0 atom stereocenters. The molecule has 6 heteroatoms. The molecular formula is C14H13N5O. The van der Waals surface area contributed by atoms with Crippen LogP contribution < -0.4 is 5.73 Å². The average Bonchev–Trinajstić information content (AvgIpc) is 2.48. The molecule has 0 bridgehead atoms. The lowest BCUT2D eigenvalue weighted by Crippen LogP contribution is -2.21. The summed E-state index contributed by atoms with van der Waals surface area (Å²) >= 11 is 0. The van der Waals surface area contributed by atoms with Gasteiger partial charge in [-0.1, -0.05) is 18.2 Å². The molecule has 2 aromatic rings. The van der Waals surface area contributed by atoms with Crippen LogP contribution in [-0.2, 0) is 4.74 Å². The van der Waals surface area contributed by atoms with Gasteiger partial charge in [-0.3, -0.25) is 10.4 Å². The number of amidine groups is 1. The van der Waals surface area contributed by atoms with Gasteiger partial charge in [0.2, 0.25) is 5.90 Å². The van der Waals surface area contributed by atoms with Gasteiger partial charge in [-0.25, -0.2) is 0 Å². The zero-order valence-corrected chi connectivity index (χ0v) is 10.6. The predicted molar refractivity (Wildman–Crippen MR) is 77.8 cm³/mol. The Kier molecular flexibility index (Phi) is 4.18. The Hall–Kier alpha value is -3.02. The fraction of sp³-hybridized carbons (Fsp3) is 0. The number of rotatable bonds is 3. The third kappa shape index (κ3) is 3.49. The van der Waals surface area contributed by atoms with E-state index in [0.29, 0.717) is 16.9 Å². The molecule has 0 aliphatic rings. The molecule has 0 aliphatic carbocycles. The number of benzene rings is 1. The predicted octanol–water partition coefficient (Wildman–Crippen LogP) is 2.07. The molecule has 1 aromatic heterocycles. The first-order valence-electron chi connectivity index (χ1n) is 5.81. The monoisotopic (exact) mass is 267 g/mol. The van der Waals surface area contributed by atoms with Gasteiger partial charge in [0.1, 0.15) is 5.69 Å². The number of hydrogen-bond acceptors (Lipinski definition) is 5. The molecule has 0 unspecified atom stereocenters. The van der Waals surface area contributed by atoms with Crippen LogP contribution in [0.1, 0.15) is 11.3 Å². The van der Waals surface area contributed by atoms with E-state index in [4.69, 9.17) is 21.3 Å².